The van der Waals surface area contributed by atoms with Gasteiger partial charge in [0.25, 0.3) is 0 Å². The highest BCUT2D eigenvalue weighted by Crippen LogP contribution is 2.00. The molecule has 5 heteroatoms. The summed E-state index contributed by atoms with van der Waals surface area (Å²) in [5.74, 6) is -0.210. The van der Waals surface area contributed by atoms with Crippen LogP contribution in [0.1, 0.15) is 11.4 Å². The third-order valence-corrected chi connectivity index (χ3v) is 2.44. The molecule has 0 saturated heterocycles. The van der Waals surface area contributed by atoms with Gasteiger partial charge in [0, 0.05) is 25.3 Å². The Morgan fingerprint density at radius 2 is 2.08 bits per heavy atom. The van der Waals surface area contributed by atoms with E-state index in [0.717, 1.165) is 6.26 Å². The van der Waals surface area contributed by atoms with Gasteiger partial charge in [-0.25, -0.2) is 8.42 Å². The first kappa shape index (κ1) is 9.98. The summed E-state index contributed by atoms with van der Waals surface area (Å²) in [5.41, 5.74) is 0.767. The van der Waals surface area contributed by atoms with Crippen LogP contribution in [0.25, 0.3) is 0 Å². The van der Waals surface area contributed by atoms with Crippen LogP contribution in [0.15, 0.2) is 18.2 Å². The Morgan fingerprint density at radius 3 is 2.62 bits per heavy atom. The van der Waals surface area contributed by atoms with Crippen molar-refractivity contribution in [3.8, 4) is 0 Å². The molecule has 0 aliphatic carbocycles. The van der Waals surface area contributed by atoms with Gasteiger partial charge in [-0.05, 0) is 6.07 Å². The predicted octanol–water partition coefficient (Wildman–Crippen LogP) is 0.173. The summed E-state index contributed by atoms with van der Waals surface area (Å²) in [7, 11) is -3.14. The number of rotatable bonds is 2. The van der Waals surface area contributed by atoms with Crippen LogP contribution in [-0.4, -0.2) is 14.7 Å². The Morgan fingerprint density at radius 1 is 1.46 bits per heavy atom. The van der Waals surface area contributed by atoms with E-state index in [1.54, 1.807) is 19.1 Å². The summed E-state index contributed by atoms with van der Waals surface area (Å²) in [6.07, 6.45) is 1.11. The topological polar surface area (TPSA) is 61.1 Å². The minimum atomic E-state index is -3.14. The highest BCUT2D eigenvalue weighted by molar-refractivity contribution is 7.89. The summed E-state index contributed by atoms with van der Waals surface area (Å²) in [6, 6.07) is 4.82. The summed E-state index contributed by atoms with van der Waals surface area (Å²) < 4.78 is 22.5. The first-order valence-electron chi connectivity index (χ1n) is 3.76. The van der Waals surface area contributed by atoms with E-state index in [-0.39, 0.29) is 11.4 Å². The van der Waals surface area contributed by atoms with Crippen LogP contribution < -0.4 is 4.73 Å². The van der Waals surface area contributed by atoms with Gasteiger partial charge < -0.3 is 5.21 Å². The fourth-order valence-corrected chi connectivity index (χ4v) is 1.79. The fraction of sp³-hybridized carbons (Fsp3) is 0.375. The fourth-order valence-electron chi connectivity index (χ4n) is 1.04. The van der Waals surface area contributed by atoms with Crippen molar-refractivity contribution in [3.63, 3.8) is 0 Å². The second kappa shape index (κ2) is 3.33. The van der Waals surface area contributed by atoms with Crippen molar-refractivity contribution in [2.75, 3.05) is 6.26 Å². The third kappa shape index (κ3) is 2.69. The van der Waals surface area contributed by atoms with Crippen molar-refractivity contribution in [2.45, 2.75) is 12.7 Å². The molecule has 0 radical (unpaired) electrons. The first-order chi connectivity index (χ1) is 5.90. The van der Waals surface area contributed by atoms with Gasteiger partial charge in [0.1, 0.15) is 5.75 Å². The van der Waals surface area contributed by atoms with Crippen LogP contribution in [0, 0.1) is 12.1 Å². The van der Waals surface area contributed by atoms with E-state index in [0.29, 0.717) is 10.4 Å². The third-order valence-electron chi connectivity index (χ3n) is 1.62. The number of aryl methyl sites for hydroxylation is 1. The van der Waals surface area contributed by atoms with Crippen LogP contribution in [0.2, 0.25) is 0 Å². The Bertz CT molecular complexity index is 411. The summed E-state index contributed by atoms with van der Waals surface area (Å²) in [5, 5.41) is 11.3. The SMILES string of the molecule is Cc1cccc(CS(C)(=O)=O)[n+]1[O-]. The highest BCUT2D eigenvalue weighted by Gasteiger charge is 2.13. The first-order valence-corrected chi connectivity index (χ1v) is 5.82. The molecule has 0 N–H and O–H groups in total. The van der Waals surface area contributed by atoms with Gasteiger partial charge in [0.05, 0.1) is 0 Å². The lowest BCUT2D eigenvalue weighted by atomic mass is 10.3. The van der Waals surface area contributed by atoms with Crippen LogP contribution in [-0.2, 0) is 15.6 Å². The van der Waals surface area contributed by atoms with E-state index in [1.807, 2.05) is 0 Å². The van der Waals surface area contributed by atoms with Gasteiger partial charge in [0.2, 0.25) is 5.69 Å². The summed E-state index contributed by atoms with van der Waals surface area (Å²) in [6.45, 7) is 1.64. The molecule has 72 valence electrons. The molecule has 13 heavy (non-hydrogen) atoms. The molecule has 0 atom stereocenters. The van der Waals surface area contributed by atoms with E-state index in [9.17, 15) is 13.6 Å². The van der Waals surface area contributed by atoms with Crippen molar-refractivity contribution < 1.29 is 13.1 Å². The number of hydrogen-bond acceptors (Lipinski definition) is 3. The van der Waals surface area contributed by atoms with Crippen molar-refractivity contribution >= 4 is 9.84 Å². The number of sulfone groups is 1. The monoisotopic (exact) mass is 201 g/mol. The minimum Gasteiger partial charge on any atom is -0.618 e. The molecule has 0 aliphatic rings. The van der Waals surface area contributed by atoms with Gasteiger partial charge in [0.15, 0.2) is 15.5 Å². The number of aromatic nitrogens is 1. The van der Waals surface area contributed by atoms with Gasteiger partial charge in [-0.2, -0.15) is 4.73 Å². The van der Waals surface area contributed by atoms with Crippen molar-refractivity contribution in [1.82, 2.24) is 0 Å². The Balaban J connectivity index is 3.10. The zero-order valence-corrected chi connectivity index (χ0v) is 8.34. The molecule has 4 nitrogen and oxygen atoms in total. The molecule has 1 aromatic heterocycles. The van der Waals surface area contributed by atoms with Gasteiger partial charge >= 0.3 is 0 Å². The largest absolute Gasteiger partial charge is 0.618 e. The van der Waals surface area contributed by atoms with E-state index < -0.39 is 9.84 Å². The van der Waals surface area contributed by atoms with Crippen LogP contribution >= 0.6 is 0 Å². The van der Waals surface area contributed by atoms with Gasteiger partial charge in [-0.15, -0.1) is 0 Å². The van der Waals surface area contributed by atoms with Gasteiger partial charge in [-0.1, -0.05) is 0 Å². The maximum absolute atomic E-state index is 11.3. The molecule has 1 rings (SSSR count). The second-order valence-corrected chi connectivity index (χ2v) is 5.16. The molecule has 0 aliphatic heterocycles. The molecule has 1 heterocycles. The molecular formula is C8H11NO3S. The van der Waals surface area contributed by atoms with Crippen LogP contribution in [0.5, 0.6) is 0 Å². The van der Waals surface area contributed by atoms with E-state index in [4.69, 9.17) is 0 Å². The standard InChI is InChI=1S/C8H11NO3S/c1-7-4-3-5-8(9(7)10)6-13(2,11)12/h3-5H,6H2,1-2H3. The molecular weight excluding hydrogens is 190 g/mol. The zero-order valence-electron chi connectivity index (χ0n) is 7.52. The lowest BCUT2D eigenvalue weighted by Crippen LogP contribution is -2.35. The average molecular weight is 201 g/mol. The predicted molar refractivity (Wildman–Crippen MR) is 48.7 cm³/mol. The summed E-state index contributed by atoms with van der Waals surface area (Å²) >= 11 is 0. The number of pyridine rings is 1. The van der Waals surface area contributed by atoms with Crippen LogP contribution in [0.4, 0.5) is 0 Å². The molecule has 0 saturated carbocycles. The maximum Gasteiger partial charge on any atom is 0.208 e. The van der Waals surface area contributed by atoms with Crippen molar-refractivity contribution in [2.24, 2.45) is 0 Å². The molecule has 0 amide bonds. The average Bonchev–Trinajstić information content (AvgIpc) is 1.96. The molecule has 1 aromatic rings. The van der Waals surface area contributed by atoms with Crippen molar-refractivity contribution in [1.29, 1.82) is 0 Å². The molecule has 0 fully saturated rings. The van der Waals surface area contributed by atoms with E-state index >= 15 is 0 Å². The van der Waals surface area contributed by atoms with E-state index in [1.165, 1.54) is 6.07 Å². The number of nitrogens with zero attached hydrogens (tertiary/aromatic N) is 1. The Hall–Kier alpha value is -1.10. The van der Waals surface area contributed by atoms with E-state index in [2.05, 4.69) is 0 Å². The van der Waals surface area contributed by atoms with Gasteiger partial charge in [-0.3, -0.25) is 0 Å². The normalized spacial score (nSPS) is 11.5. The highest BCUT2D eigenvalue weighted by atomic mass is 32.2. The quantitative estimate of drug-likeness (QED) is 0.506. The Labute approximate surface area is 77.3 Å². The lowest BCUT2D eigenvalue weighted by Gasteiger charge is -2.05. The number of hydrogen-bond donors (Lipinski definition) is 0. The maximum atomic E-state index is 11.3. The zero-order chi connectivity index (χ0) is 10.1. The molecule has 0 unspecified atom stereocenters. The Kier molecular flexibility index (Phi) is 2.56. The molecule has 0 bridgehead atoms. The lowest BCUT2D eigenvalue weighted by molar-refractivity contribution is -0.619. The molecule has 0 spiro atoms. The van der Waals surface area contributed by atoms with Crippen molar-refractivity contribution in [3.05, 3.63) is 34.8 Å². The summed E-state index contributed by atoms with van der Waals surface area (Å²) in [4.78, 5) is 0. The molecule has 0 aromatic carbocycles. The smallest absolute Gasteiger partial charge is 0.208 e. The second-order valence-electron chi connectivity index (χ2n) is 3.02. The minimum absolute atomic E-state index is 0.210. The van der Waals surface area contributed by atoms with Crippen LogP contribution in [0.3, 0.4) is 0 Å².